The molecule has 0 unspecified atom stereocenters. The van der Waals surface area contributed by atoms with Gasteiger partial charge in [0.1, 0.15) is 6.42 Å². The molecular weight excluding hydrogens is 182 g/mol. The molecule has 0 aromatic carbocycles. The van der Waals surface area contributed by atoms with Gasteiger partial charge in [0.25, 0.3) is 0 Å². The number of carbonyl (C=O) groups excluding carboxylic acids is 2. The van der Waals surface area contributed by atoms with Gasteiger partial charge < -0.3 is 10.2 Å². The van der Waals surface area contributed by atoms with Crippen molar-refractivity contribution in [2.24, 2.45) is 0 Å². The van der Waals surface area contributed by atoms with Crippen molar-refractivity contribution in [1.29, 1.82) is 5.26 Å². The maximum Gasteiger partial charge on any atom is 0.241 e. The Balaban J connectivity index is 3.84. The van der Waals surface area contributed by atoms with Crippen LogP contribution in [0.15, 0.2) is 0 Å². The maximum atomic E-state index is 11.3. The van der Waals surface area contributed by atoms with E-state index in [0.29, 0.717) is 13.1 Å². The van der Waals surface area contributed by atoms with Crippen LogP contribution in [-0.2, 0) is 9.59 Å². The fourth-order valence-corrected chi connectivity index (χ4v) is 0.997. The summed E-state index contributed by atoms with van der Waals surface area (Å²) < 4.78 is 0. The Morgan fingerprint density at radius 1 is 1.36 bits per heavy atom. The normalized spacial score (nSPS) is 8.93. The molecule has 14 heavy (non-hydrogen) atoms. The van der Waals surface area contributed by atoms with Crippen LogP contribution in [0.3, 0.4) is 0 Å². The molecule has 2 amide bonds. The highest BCUT2D eigenvalue weighted by Crippen LogP contribution is 1.87. The Labute approximate surface area is 83.7 Å². The van der Waals surface area contributed by atoms with Gasteiger partial charge in [-0.3, -0.25) is 9.59 Å². The lowest BCUT2D eigenvalue weighted by Crippen LogP contribution is -2.39. The van der Waals surface area contributed by atoms with E-state index >= 15 is 0 Å². The third-order valence-corrected chi connectivity index (χ3v) is 1.79. The van der Waals surface area contributed by atoms with E-state index in [1.54, 1.807) is 11.0 Å². The summed E-state index contributed by atoms with van der Waals surface area (Å²) in [5.41, 5.74) is 0. The Kier molecular flexibility index (Phi) is 6.12. The minimum atomic E-state index is -0.409. The molecule has 0 fully saturated rings. The van der Waals surface area contributed by atoms with E-state index in [0.717, 1.165) is 0 Å². The summed E-state index contributed by atoms with van der Waals surface area (Å²) in [6.07, 6.45) is -0.203. The molecule has 78 valence electrons. The van der Waals surface area contributed by atoms with Gasteiger partial charge in [-0.1, -0.05) is 0 Å². The summed E-state index contributed by atoms with van der Waals surface area (Å²) in [4.78, 5) is 23.8. The molecule has 0 atom stereocenters. The monoisotopic (exact) mass is 197 g/mol. The summed E-state index contributed by atoms with van der Waals surface area (Å²) in [6.45, 7) is 4.98. The van der Waals surface area contributed by atoms with Crippen LogP contribution in [0.2, 0.25) is 0 Å². The lowest BCUT2D eigenvalue weighted by atomic mass is 10.4. The van der Waals surface area contributed by atoms with Crippen molar-refractivity contribution in [2.75, 3.05) is 19.6 Å². The first-order valence-corrected chi connectivity index (χ1v) is 4.57. The van der Waals surface area contributed by atoms with Crippen LogP contribution in [0.1, 0.15) is 20.3 Å². The van der Waals surface area contributed by atoms with E-state index in [4.69, 9.17) is 5.26 Å². The second-order valence-electron chi connectivity index (χ2n) is 2.68. The quantitative estimate of drug-likeness (QED) is 0.668. The van der Waals surface area contributed by atoms with E-state index in [1.165, 1.54) is 0 Å². The summed E-state index contributed by atoms with van der Waals surface area (Å²) >= 11 is 0. The second kappa shape index (κ2) is 6.89. The number of nitriles is 1. The van der Waals surface area contributed by atoms with Crippen molar-refractivity contribution in [3.05, 3.63) is 0 Å². The van der Waals surface area contributed by atoms with Crippen LogP contribution in [0, 0.1) is 11.3 Å². The SMILES string of the molecule is CCN(CC)C(=O)CNC(=O)CC#N. The minimum Gasteiger partial charge on any atom is -0.346 e. The van der Waals surface area contributed by atoms with Crippen LogP contribution in [-0.4, -0.2) is 36.3 Å². The zero-order valence-corrected chi connectivity index (χ0v) is 8.54. The highest BCUT2D eigenvalue weighted by Gasteiger charge is 2.10. The number of carbonyl (C=O) groups is 2. The first kappa shape index (κ1) is 12.4. The Morgan fingerprint density at radius 2 is 1.93 bits per heavy atom. The predicted octanol–water partition coefficient (Wildman–Crippen LogP) is -0.115. The lowest BCUT2D eigenvalue weighted by Gasteiger charge is -2.18. The van der Waals surface area contributed by atoms with E-state index in [1.807, 2.05) is 13.8 Å². The first-order valence-electron chi connectivity index (χ1n) is 4.57. The topological polar surface area (TPSA) is 73.2 Å². The fraction of sp³-hybridized carbons (Fsp3) is 0.667. The molecule has 0 saturated carbocycles. The molecule has 0 radical (unpaired) electrons. The highest BCUT2D eigenvalue weighted by atomic mass is 16.2. The van der Waals surface area contributed by atoms with Gasteiger partial charge in [-0.15, -0.1) is 0 Å². The molecule has 5 nitrogen and oxygen atoms in total. The molecular formula is C9H15N3O2. The number of hydrogen-bond acceptors (Lipinski definition) is 3. The molecule has 0 aliphatic carbocycles. The molecule has 0 saturated heterocycles. The van der Waals surface area contributed by atoms with Crippen LogP contribution in [0.4, 0.5) is 0 Å². The van der Waals surface area contributed by atoms with E-state index < -0.39 is 5.91 Å². The second-order valence-corrected chi connectivity index (χ2v) is 2.68. The summed E-state index contributed by atoms with van der Waals surface area (Å²) in [6, 6.07) is 1.71. The van der Waals surface area contributed by atoms with Crippen molar-refractivity contribution >= 4 is 11.8 Å². The molecule has 0 aliphatic rings. The average Bonchev–Trinajstić information content (AvgIpc) is 2.17. The van der Waals surface area contributed by atoms with Gasteiger partial charge in [-0.05, 0) is 13.8 Å². The van der Waals surface area contributed by atoms with Gasteiger partial charge in [0, 0.05) is 13.1 Å². The number of nitrogens with zero attached hydrogens (tertiary/aromatic N) is 2. The van der Waals surface area contributed by atoms with Crippen molar-refractivity contribution in [2.45, 2.75) is 20.3 Å². The standard InChI is InChI=1S/C9H15N3O2/c1-3-12(4-2)9(14)7-11-8(13)5-6-10/h3-5,7H2,1-2H3,(H,11,13). The number of nitrogens with one attached hydrogen (secondary N) is 1. The van der Waals surface area contributed by atoms with Crippen molar-refractivity contribution in [3.63, 3.8) is 0 Å². The van der Waals surface area contributed by atoms with Crippen molar-refractivity contribution in [1.82, 2.24) is 10.2 Å². The predicted molar refractivity (Wildman–Crippen MR) is 51.2 cm³/mol. The summed E-state index contributed by atoms with van der Waals surface area (Å²) in [5, 5.41) is 10.6. The molecule has 0 aliphatic heterocycles. The van der Waals surface area contributed by atoms with Crippen LogP contribution in [0.25, 0.3) is 0 Å². The van der Waals surface area contributed by atoms with Crippen molar-refractivity contribution in [3.8, 4) is 6.07 Å². The third kappa shape index (κ3) is 4.45. The van der Waals surface area contributed by atoms with E-state index in [-0.39, 0.29) is 18.9 Å². The van der Waals surface area contributed by atoms with Gasteiger partial charge in [0.2, 0.25) is 11.8 Å². The fourth-order valence-electron chi connectivity index (χ4n) is 0.997. The molecule has 0 bridgehead atoms. The Hall–Kier alpha value is -1.57. The molecule has 0 heterocycles. The van der Waals surface area contributed by atoms with Gasteiger partial charge in [0.05, 0.1) is 12.6 Å². The van der Waals surface area contributed by atoms with Gasteiger partial charge in [-0.2, -0.15) is 5.26 Å². The molecule has 5 heteroatoms. The van der Waals surface area contributed by atoms with E-state index in [9.17, 15) is 9.59 Å². The molecule has 0 aromatic heterocycles. The average molecular weight is 197 g/mol. The molecule has 0 aromatic rings. The molecule has 0 spiro atoms. The van der Waals surface area contributed by atoms with Gasteiger partial charge >= 0.3 is 0 Å². The zero-order valence-electron chi connectivity index (χ0n) is 8.54. The van der Waals surface area contributed by atoms with Crippen LogP contribution < -0.4 is 5.32 Å². The zero-order chi connectivity index (χ0) is 11.0. The number of hydrogen-bond donors (Lipinski definition) is 1. The van der Waals surface area contributed by atoms with E-state index in [2.05, 4.69) is 5.32 Å². The molecule has 0 rings (SSSR count). The van der Waals surface area contributed by atoms with Gasteiger partial charge in [0.15, 0.2) is 0 Å². The summed E-state index contributed by atoms with van der Waals surface area (Å²) in [7, 11) is 0. The van der Waals surface area contributed by atoms with Gasteiger partial charge in [-0.25, -0.2) is 0 Å². The van der Waals surface area contributed by atoms with Crippen molar-refractivity contribution < 1.29 is 9.59 Å². The Morgan fingerprint density at radius 3 is 2.36 bits per heavy atom. The highest BCUT2D eigenvalue weighted by molar-refractivity contribution is 5.85. The van der Waals surface area contributed by atoms with Crippen LogP contribution >= 0.6 is 0 Å². The maximum absolute atomic E-state index is 11.3. The van der Waals surface area contributed by atoms with Crippen LogP contribution in [0.5, 0.6) is 0 Å². The first-order chi connectivity index (χ1) is 6.65. The Bertz CT molecular complexity index is 241. The smallest absolute Gasteiger partial charge is 0.241 e. The third-order valence-electron chi connectivity index (χ3n) is 1.79. The largest absolute Gasteiger partial charge is 0.346 e. The number of rotatable bonds is 5. The summed E-state index contributed by atoms with van der Waals surface area (Å²) in [5.74, 6) is -0.533. The lowest BCUT2D eigenvalue weighted by molar-refractivity contribution is -0.132. The minimum absolute atomic E-state index is 0.0256. The number of amides is 2. The molecule has 1 N–H and O–H groups in total. The number of likely N-dealkylation sites (N-methyl/N-ethyl adjacent to an activating group) is 1.